The molecule has 0 spiro atoms. The average Bonchev–Trinajstić information content (AvgIpc) is 3.10. The van der Waals surface area contributed by atoms with Gasteiger partial charge in [0.2, 0.25) is 0 Å². The molecule has 4 rings (SSSR count). The van der Waals surface area contributed by atoms with E-state index in [1.807, 2.05) is 0 Å². The summed E-state index contributed by atoms with van der Waals surface area (Å²) in [5.41, 5.74) is 2.43. The topological polar surface area (TPSA) is 60.7 Å². The van der Waals surface area contributed by atoms with Gasteiger partial charge in [-0.2, -0.15) is 0 Å². The number of aliphatic hydroxyl groups is 3. The van der Waals surface area contributed by atoms with Gasteiger partial charge in [0.05, 0.1) is 18.8 Å². The number of rotatable bonds is 6. The minimum absolute atomic E-state index is 0.0651. The number of hydrogen-bond acceptors (Lipinski definition) is 3. The van der Waals surface area contributed by atoms with Crippen LogP contribution in [0.5, 0.6) is 0 Å². The molecule has 0 aromatic heterocycles. The van der Waals surface area contributed by atoms with Gasteiger partial charge in [-0.1, -0.05) is 51.5 Å². The molecule has 0 aliphatic heterocycles. The highest BCUT2D eigenvalue weighted by molar-refractivity contribution is 5.32. The Morgan fingerprint density at radius 1 is 1.13 bits per heavy atom. The Morgan fingerprint density at radius 2 is 1.87 bits per heavy atom. The standard InChI is InChI=1S/C28H46O3/c1-17(2)18(3)6-7-19(4)23-10-11-24-22-9-8-20-14-21(30)12-13-28(20,16-29)25(22)15-26(31)27(23,24)5/h15,17,19-24,26,29-31H,3,6-14,16H2,1-2,4-5H3/t19-,20?,21+,22+,23-,24+,26+,27-,28-/m1/s1. The monoisotopic (exact) mass is 430 g/mol. The number of aliphatic hydroxyl groups excluding tert-OH is 3. The fourth-order valence-corrected chi connectivity index (χ4v) is 8.47. The lowest BCUT2D eigenvalue weighted by Gasteiger charge is -2.58. The minimum Gasteiger partial charge on any atom is -0.395 e. The largest absolute Gasteiger partial charge is 0.395 e. The summed E-state index contributed by atoms with van der Waals surface area (Å²) < 4.78 is 0. The lowest BCUT2D eigenvalue weighted by molar-refractivity contribution is -0.0777. The van der Waals surface area contributed by atoms with Gasteiger partial charge in [0.15, 0.2) is 0 Å². The van der Waals surface area contributed by atoms with Crippen LogP contribution in [0.15, 0.2) is 23.8 Å². The predicted molar refractivity (Wildman–Crippen MR) is 126 cm³/mol. The van der Waals surface area contributed by atoms with Crippen LogP contribution in [0, 0.1) is 46.3 Å². The molecule has 9 atom stereocenters. The van der Waals surface area contributed by atoms with Crippen molar-refractivity contribution in [3.8, 4) is 0 Å². The van der Waals surface area contributed by atoms with Crippen LogP contribution in [0.4, 0.5) is 0 Å². The fourth-order valence-electron chi connectivity index (χ4n) is 8.47. The van der Waals surface area contributed by atoms with Crippen LogP contribution in [0.2, 0.25) is 0 Å². The first-order valence-electron chi connectivity index (χ1n) is 13.0. The normalized spacial score (nSPS) is 45.5. The molecule has 0 aromatic carbocycles. The number of hydrogen-bond donors (Lipinski definition) is 3. The van der Waals surface area contributed by atoms with E-state index < -0.39 is 6.10 Å². The van der Waals surface area contributed by atoms with Crippen molar-refractivity contribution in [2.45, 2.75) is 97.7 Å². The van der Waals surface area contributed by atoms with E-state index in [0.717, 1.165) is 38.5 Å². The van der Waals surface area contributed by atoms with Gasteiger partial charge in [0.1, 0.15) is 0 Å². The first-order valence-corrected chi connectivity index (χ1v) is 13.0. The Kier molecular flexibility index (Phi) is 6.53. The second-order valence-electron chi connectivity index (χ2n) is 12.2. The van der Waals surface area contributed by atoms with E-state index >= 15 is 0 Å². The summed E-state index contributed by atoms with van der Waals surface area (Å²) in [6.45, 7) is 13.7. The van der Waals surface area contributed by atoms with E-state index in [9.17, 15) is 15.3 Å². The molecule has 0 aromatic rings. The van der Waals surface area contributed by atoms with Gasteiger partial charge in [0.25, 0.3) is 0 Å². The fraction of sp³-hybridized carbons (Fsp3) is 0.857. The summed E-state index contributed by atoms with van der Waals surface area (Å²) in [6, 6.07) is 0. The highest BCUT2D eigenvalue weighted by Crippen LogP contribution is 2.66. The van der Waals surface area contributed by atoms with E-state index in [0.29, 0.717) is 35.5 Å². The Balaban J connectivity index is 1.59. The lowest BCUT2D eigenvalue weighted by atomic mass is 9.47. The maximum absolute atomic E-state index is 11.6. The lowest BCUT2D eigenvalue weighted by Crippen LogP contribution is -2.55. The Bertz CT molecular complexity index is 711. The highest BCUT2D eigenvalue weighted by atomic mass is 16.3. The SMILES string of the molecule is C=C(CC[C@@H](C)[C@H]1CC[C@H]2[C@@H]3CCC4C[C@@H](O)CC[C@]4(CO)C3=C[C@H](O)[C@]12C)C(C)C. The van der Waals surface area contributed by atoms with Crippen LogP contribution < -0.4 is 0 Å². The molecule has 176 valence electrons. The van der Waals surface area contributed by atoms with Crippen molar-refractivity contribution in [1.82, 2.24) is 0 Å². The molecule has 3 nitrogen and oxygen atoms in total. The molecule has 0 radical (unpaired) electrons. The average molecular weight is 431 g/mol. The van der Waals surface area contributed by atoms with Crippen LogP contribution in [0.25, 0.3) is 0 Å². The van der Waals surface area contributed by atoms with Crippen molar-refractivity contribution in [2.75, 3.05) is 6.61 Å². The summed E-state index contributed by atoms with van der Waals surface area (Å²) in [7, 11) is 0. The van der Waals surface area contributed by atoms with Crippen molar-refractivity contribution < 1.29 is 15.3 Å². The number of allylic oxidation sites excluding steroid dienone is 1. The molecule has 4 aliphatic carbocycles. The van der Waals surface area contributed by atoms with Gasteiger partial charge < -0.3 is 15.3 Å². The van der Waals surface area contributed by atoms with Crippen LogP contribution in [-0.4, -0.2) is 34.1 Å². The van der Waals surface area contributed by atoms with Crippen molar-refractivity contribution in [3.05, 3.63) is 23.8 Å². The molecular formula is C28H46O3. The molecule has 0 amide bonds. The molecule has 3 saturated carbocycles. The van der Waals surface area contributed by atoms with E-state index in [2.05, 4.69) is 40.3 Å². The predicted octanol–water partition coefficient (Wildman–Crippen LogP) is 5.50. The zero-order chi connectivity index (χ0) is 22.6. The minimum atomic E-state index is -0.430. The quantitative estimate of drug-likeness (QED) is 0.488. The molecule has 1 unspecified atom stereocenters. The highest BCUT2D eigenvalue weighted by Gasteiger charge is 2.61. The van der Waals surface area contributed by atoms with E-state index in [1.165, 1.54) is 30.4 Å². The van der Waals surface area contributed by atoms with Gasteiger partial charge >= 0.3 is 0 Å². The van der Waals surface area contributed by atoms with Crippen LogP contribution in [0.1, 0.15) is 85.5 Å². The van der Waals surface area contributed by atoms with E-state index in [1.54, 1.807) is 0 Å². The van der Waals surface area contributed by atoms with Crippen LogP contribution in [0.3, 0.4) is 0 Å². The van der Waals surface area contributed by atoms with Gasteiger partial charge in [-0.15, -0.1) is 0 Å². The third-order valence-electron chi connectivity index (χ3n) is 10.6. The van der Waals surface area contributed by atoms with E-state index in [-0.39, 0.29) is 23.5 Å². The van der Waals surface area contributed by atoms with Crippen molar-refractivity contribution in [1.29, 1.82) is 0 Å². The van der Waals surface area contributed by atoms with E-state index in [4.69, 9.17) is 0 Å². The molecule has 0 saturated heterocycles. The third kappa shape index (κ3) is 3.67. The zero-order valence-corrected chi connectivity index (χ0v) is 20.3. The Labute approximate surface area is 190 Å². The first kappa shape index (κ1) is 23.5. The van der Waals surface area contributed by atoms with Gasteiger partial charge in [-0.05, 0) is 93.3 Å². The second kappa shape index (κ2) is 8.61. The van der Waals surface area contributed by atoms with Crippen LogP contribution >= 0.6 is 0 Å². The molecule has 3 heteroatoms. The summed E-state index contributed by atoms with van der Waals surface area (Å²) in [4.78, 5) is 0. The van der Waals surface area contributed by atoms with Crippen molar-refractivity contribution >= 4 is 0 Å². The summed E-state index contributed by atoms with van der Waals surface area (Å²) in [5.74, 6) is 3.04. The molecule has 0 bridgehead atoms. The maximum Gasteiger partial charge on any atom is 0.0783 e. The zero-order valence-electron chi connectivity index (χ0n) is 20.3. The van der Waals surface area contributed by atoms with Crippen molar-refractivity contribution in [3.63, 3.8) is 0 Å². The Hall–Kier alpha value is -0.640. The Morgan fingerprint density at radius 3 is 2.55 bits per heavy atom. The first-order chi connectivity index (χ1) is 14.6. The van der Waals surface area contributed by atoms with Gasteiger partial charge in [0, 0.05) is 10.8 Å². The van der Waals surface area contributed by atoms with Crippen LogP contribution in [-0.2, 0) is 0 Å². The molecule has 3 fully saturated rings. The summed E-state index contributed by atoms with van der Waals surface area (Å²) in [5, 5.41) is 32.4. The molecule has 0 heterocycles. The smallest absolute Gasteiger partial charge is 0.0783 e. The van der Waals surface area contributed by atoms with Crippen molar-refractivity contribution in [2.24, 2.45) is 46.3 Å². The molecule has 3 N–H and O–H groups in total. The summed E-state index contributed by atoms with van der Waals surface area (Å²) in [6.07, 6.45) is 10.9. The molecular weight excluding hydrogens is 384 g/mol. The third-order valence-corrected chi connectivity index (χ3v) is 10.6. The van der Waals surface area contributed by atoms with Gasteiger partial charge in [-0.3, -0.25) is 0 Å². The number of fused-ring (bicyclic) bond motifs is 5. The second-order valence-corrected chi connectivity index (χ2v) is 12.2. The van der Waals surface area contributed by atoms with Gasteiger partial charge in [-0.25, -0.2) is 0 Å². The summed E-state index contributed by atoms with van der Waals surface area (Å²) >= 11 is 0. The molecule has 4 aliphatic rings. The maximum atomic E-state index is 11.6. The molecule has 31 heavy (non-hydrogen) atoms.